The SMILES string of the molecule is CS(=O)(=O)CCSc1c(F)cccc1C(=O)O. The zero-order valence-corrected chi connectivity index (χ0v) is 10.6. The Kier molecular flexibility index (Phi) is 4.53. The van der Waals surface area contributed by atoms with Crippen LogP contribution in [0.3, 0.4) is 0 Å². The largest absolute Gasteiger partial charge is 0.478 e. The molecule has 17 heavy (non-hydrogen) atoms. The van der Waals surface area contributed by atoms with Crippen LogP contribution in [0, 0.1) is 5.82 Å². The van der Waals surface area contributed by atoms with Crippen molar-refractivity contribution in [3.8, 4) is 0 Å². The van der Waals surface area contributed by atoms with Crippen molar-refractivity contribution in [2.75, 3.05) is 17.8 Å². The van der Waals surface area contributed by atoms with Crippen LogP contribution in [0.2, 0.25) is 0 Å². The summed E-state index contributed by atoms with van der Waals surface area (Å²) in [5, 5.41) is 8.85. The summed E-state index contributed by atoms with van der Waals surface area (Å²) in [5.74, 6) is -1.87. The Balaban J connectivity index is 2.86. The van der Waals surface area contributed by atoms with Crippen molar-refractivity contribution in [1.29, 1.82) is 0 Å². The number of hydrogen-bond donors (Lipinski definition) is 1. The molecule has 1 aromatic rings. The maximum atomic E-state index is 13.4. The third-order valence-corrected chi connectivity index (χ3v) is 4.21. The molecule has 0 saturated heterocycles. The molecule has 0 heterocycles. The van der Waals surface area contributed by atoms with Gasteiger partial charge in [0.25, 0.3) is 0 Å². The van der Waals surface area contributed by atoms with Crippen LogP contribution in [0.15, 0.2) is 23.1 Å². The molecule has 0 spiro atoms. The molecule has 0 saturated carbocycles. The van der Waals surface area contributed by atoms with Crippen LogP contribution in [0.25, 0.3) is 0 Å². The summed E-state index contributed by atoms with van der Waals surface area (Å²) in [6, 6.07) is 3.74. The number of rotatable bonds is 5. The Morgan fingerprint density at radius 2 is 2.12 bits per heavy atom. The molecular weight excluding hydrogens is 267 g/mol. The Morgan fingerprint density at radius 3 is 2.65 bits per heavy atom. The number of thioether (sulfide) groups is 1. The normalized spacial score (nSPS) is 11.4. The predicted molar refractivity (Wildman–Crippen MR) is 63.8 cm³/mol. The molecule has 94 valence electrons. The molecule has 4 nitrogen and oxygen atoms in total. The molecule has 0 aliphatic heterocycles. The van der Waals surface area contributed by atoms with E-state index in [0.717, 1.165) is 24.1 Å². The van der Waals surface area contributed by atoms with Crippen LogP contribution < -0.4 is 0 Å². The maximum absolute atomic E-state index is 13.4. The summed E-state index contributed by atoms with van der Waals surface area (Å²) in [4.78, 5) is 10.8. The third kappa shape index (κ3) is 4.35. The van der Waals surface area contributed by atoms with Gasteiger partial charge in [-0.05, 0) is 12.1 Å². The summed E-state index contributed by atoms with van der Waals surface area (Å²) in [6.45, 7) is 0. The molecule has 0 amide bonds. The zero-order valence-electron chi connectivity index (χ0n) is 9.01. The number of aromatic carboxylic acids is 1. The van der Waals surface area contributed by atoms with Crippen molar-refractivity contribution in [2.24, 2.45) is 0 Å². The highest BCUT2D eigenvalue weighted by Crippen LogP contribution is 2.26. The van der Waals surface area contributed by atoms with Crippen molar-refractivity contribution >= 4 is 27.6 Å². The van der Waals surface area contributed by atoms with E-state index in [1.807, 2.05) is 0 Å². The average Bonchev–Trinajstić information content (AvgIpc) is 2.18. The van der Waals surface area contributed by atoms with Crippen LogP contribution in [0.5, 0.6) is 0 Å². The van der Waals surface area contributed by atoms with Crippen molar-refractivity contribution < 1.29 is 22.7 Å². The van der Waals surface area contributed by atoms with Crippen LogP contribution >= 0.6 is 11.8 Å². The van der Waals surface area contributed by atoms with E-state index in [1.165, 1.54) is 12.1 Å². The van der Waals surface area contributed by atoms with Gasteiger partial charge in [0.15, 0.2) is 0 Å². The minimum Gasteiger partial charge on any atom is -0.478 e. The van der Waals surface area contributed by atoms with Crippen LogP contribution in [0.1, 0.15) is 10.4 Å². The standard InChI is InChI=1S/C10H11FO4S2/c1-17(14,15)6-5-16-9-7(10(12)13)3-2-4-8(9)11/h2-4H,5-6H2,1H3,(H,12,13). The number of carbonyl (C=O) groups is 1. The lowest BCUT2D eigenvalue weighted by atomic mass is 10.2. The second-order valence-electron chi connectivity index (χ2n) is 3.40. The lowest BCUT2D eigenvalue weighted by molar-refractivity contribution is 0.0692. The predicted octanol–water partition coefficient (Wildman–Crippen LogP) is 1.66. The quantitative estimate of drug-likeness (QED) is 0.829. The fraction of sp³-hybridized carbons (Fsp3) is 0.300. The number of hydrogen-bond acceptors (Lipinski definition) is 4. The second-order valence-corrected chi connectivity index (χ2v) is 6.76. The van der Waals surface area contributed by atoms with Crippen molar-refractivity contribution in [3.05, 3.63) is 29.6 Å². The van der Waals surface area contributed by atoms with E-state index < -0.39 is 21.6 Å². The van der Waals surface area contributed by atoms with Gasteiger partial charge in [-0.15, -0.1) is 11.8 Å². The van der Waals surface area contributed by atoms with E-state index in [9.17, 15) is 17.6 Å². The van der Waals surface area contributed by atoms with Crippen molar-refractivity contribution in [2.45, 2.75) is 4.90 Å². The number of benzene rings is 1. The molecule has 0 aromatic heterocycles. The number of sulfone groups is 1. The summed E-state index contributed by atoms with van der Waals surface area (Å²) >= 11 is 0.894. The fourth-order valence-corrected chi connectivity index (χ4v) is 3.38. The van der Waals surface area contributed by atoms with Gasteiger partial charge < -0.3 is 5.11 Å². The first kappa shape index (κ1) is 14.0. The molecule has 7 heteroatoms. The molecule has 0 aliphatic rings. The Morgan fingerprint density at radius 1 is 1.47 bits per heavy atom. The molecule has 1 N–H and O–H groups in total. The van der Waals surface area contributed by atoms with Crippen LogP contribution in [-0.4, -0.2) is 37.3 Å². The van der Waals surface area contributed by atoms with Gasteiger partial charge in [0.2, 0.25) is 0 Å². The number of halogens is 1. The molecule has 0 unspecified atom stereocenters. The average molecular weight is 278 g/mol. The molecular formula is C10H11FO4S2. The first-order valence-corrected chi connectivity index (χ1v) is 7.68. The van der Waals surface area contributed by atoms with E-state index >= 15 is 0 Å². The van der Waals surface area contributed by atoms with Crippen molar-refractivity contribution in [1.82, 2.24) is 0 Å². The smallest absolute Gasteiger partial charge is 0.336 e. The molecule has 0 bridgehead atoms. The van der Waals surface area contributed by atoms with Gasteiger partial charge >= 0.3 is 5.97 Å². The van der Waals surface area contributed by atoms with Gasteiger partial charge in [-0.3, -0.25) is 0 Å². The third-order valence-electron chi connectivity index (χ3n) is 1.90. The molecule has 1 aromatic carbocycles. The van der Waals surface area contributed by atoms with Gasteiger partial charge in [-0.25, -0.2) is 17.6 Å². The lowest BCUT2D eigenvalue weighted by Gasteiger charge is -2.06. The summed E-state index contributed by atoms with van der Waals surface area (Å²) in [6.07, 6.45) is 1.08. The van der Waals surface area contributed by atoms with Gasteiger partial charge in [-0.1, -0.05) is 6.07 Å². The first-order chi connectivity index (χ1) is 7.81. The van der Waals surface area contributed by atoms with Gasteiger partial charge in [0.1, 0.15) is 15.7 Å². The molecule has 0 fully saturated rings. The fourth-order valence-electron chi connectivity index (χ4n) is 1.12. The highest BCUT2D eigenvalue weighted by Gasteiger charge is 2.15. The highest BCUT2D eigenvalue weighted by molar-refractivity contribution is 8.00. The minimum atomic E-state index is -3.13. The van der Waals surface area contributed by atoms with Gasteiger partial charge in [-0.2, -0.15) is 0 Å². The maximum Gasteiger partial charge on any atom is 0.336 e. The van der Waals surface area contributed by atoms with E-state index in [2.05, 4.69) is 0 Å². The summed E-state index contributed by atoms with van der Waals surface area (Å²) < 4.78 is 35.2. The minimum absolute atomic E-state index is 0.0244. The number of carboxylic acid groups (broad SMARTS) is 1. The molecule has 0 atom stereocenters. The van der Waals surface area contributed by atoms with Gasteiger partial charge in [0.05, 0.1) is 16.2 Å². The van der Waals surface area contributed by atoms with E-state index in [0.29, 0.717) is 0 Å². The van der Waals surface area contributed by atoms with E-state index in [-0.39, 0.29) is 22.0 Å². The van der Waals surface area contributed by atoms with Crippen LogP contribution in [-0.2, 0) is 9.84 Å². The monoisotopic (exact) mass is 278 g/mol. The van der Waals surface area contributed by atoms with Gasteiger partial charge in [0, 0.05) is 12.0 Å². The van der Waals surface area contributed by atoms with E-state index in [4.69, 9.17) is 5.11 Å². The second kappa shape index (κ2) is 5.50. The Bertz CT molecular complexity index is 525. The Hall–Kier alpha value is -1.08. The zero-order chi connectivity index (χ0) is 13.1. The first-order valence-electron chi connectivity index (χ1n) is 4.63. The number of carboxylic acids is 1. The molecule has 0 radical (unpaired) electrons. The molecule has 1 rings (SSSR count). The summed E-state index contributed by atoms with van der Waals surface area (Å²) in [5.41, 5.74) is -0.150. The summed E-state index contributed by atoms with van der Waals surface area (Å²) in [7, 11) is -3.13. The molecule has 0 aliphatic carbocycles. The van der Waals surface area contributed by atoms with Crippen LogP contribution in [0.4, 0.5) is 4.39 Å². The highest BCUT2D eigenvalue weighted by atomic mass is 32.2. The topological polar surface area (TPSA) is 71.4 Å². The van der Waals surface area contributed by atoms with E-state index in [1.54, 1.807) is 0 Å². The Labute approximate surface area is 103 Å². The van der Waals surface area contributed by atoms with Crippen molar-refractivity contribution in [3.63, 3.8) is 0 Å². The lowest BCUT2D eigenvalue weighted by Crippen LogP contribution is -2.07.